The molecular formula is C36H46N8O3. The molecule has 2 aromatic carbocycles. The van der Waals surface area contributed by atoms with Gasteiger partial charge in [0, 0.05) is 68.2 Å². The summed E-state index contributed by atoms with van der Waals surface area (Å²) in [6, 6.07) is 13.6. The number of likely N-dealkylation sites (tertiary alicyclic amines) is 2. The molecule has 11 nitrogen and oxygen atoms in total. The second-order valence-electron chi connectivity index (χ2n) is 13.8. The van der Waals surface area contributed by atoms with Crippen LogP contribution in [-0.2, 0) is 11.2 Å². The van der Waals surface area contributed by atoms with Gasteiger partial charge in [0.15, 0.2) is 0 Å². The van der Waals surface area contributed by atoms with Crippen LogP contribution < -0.4 is 10.9 Å². The van der Waals surface area contributed by atoms with E-state index in [0.29, 0.717) is 51.5 Å². The molecule has 47 heavy (non-hydrogen) atoms. The highest BCUT2D eigenvalue weighted by Crippen LogP contribution is 2.28. The second kappa shape index (κ2) is 13.5. The highest BCUT2D eigenvalue weighted by atomic mass is 16.2. The molecule has 0 aliphatic carbocycles. The Labute approximate surface area is 275 Å². The number of para-hydroxylation sites is 1. The van der Waals surface area contributed by atoms with Crippen LogP contribution in [0, 0.1) is 6.92 Å². The average Bonchev–Trinajstić information content (AvgIpc) is 3.57. The van der Waals surface area contributed by atoms with E-state index < -0.39 is 6.04 Å². The molecular weight excluding hydrogens is 592 g/mol. The summed E-state index contributed by atoms with van der Waals surface area (Å²) in [5, 5.41) is 12.4. The molecule has 3 saturated heterocycles. The maximum atomic E-state index is 14.1. The van der Waals surface area contributed by atoms with Crippen LogP contribution in [0.3, 0.4) is 0 Å². The minimum Gasteiger partial charge on any atom is -0.338 e. The number of hydrogen-bond acceptors (Lipinski definition) is 6. The van der Waals surface area contributed by atoms with Crippen molar-refractivity contribution in [1.82, 2.24) is 40.1 Å². The normalized spacial score (nSPS) is 19.8. The Morgan fingerprint density at radius 1 is 0.915 bits per heavy atom. The number of rotatable bonds is 6. The standard InChI is InChI=1S/C36H46N8O3/c1-24-19-25(20-28-23-37-40-33(24)28)21-32(35(46)43-17-15-42(16-18-43)29-9-11-41(2)12-10-29)39-36(47)44-13-7-26(8-14-44)30-22-27-5-3-4-6-31(27)38-34(30)45/h3-6,19-20,22-23,26,29,32H,7-18,21H2,1-2H3,(H,37,40)(H,38,45)(H,39,47)/t32-/m0/s1. The van der Waals surface area contributed by atoms with Crippen LogP contribution >= 0.6 is 0 Å². The molecule has 0 spiro atoms. The number of H-pyrrole nitrogens is 2. The van der Waals surface area contributed by atoms with Crippen LogP contribution in [-0.4, -0.2) is 118 Å². The van der Waals surface area contributed by atoms with Gasteiger partial charge in [-0.3, -0.25) is 19.6 Å². The number of aryl methyl sites for hydroxylation is 1. The summed E-state index contributed by atoms with van der Waals surface area (Å²) in [6.07, 6.45) is 5.94. The van der Waals surface area contributed by atoms with Gasteiger partial charge in [0.25, 0.3) is 5.56 Å². The van der Waals surface area contributed by atoms with Crippen LogP contribution in [0.5, 0.6) is 0 Å². The maximum absolute atomic E-state index is 14.1. The van der Waals surface area contributed by atoms with E-state index in [4.69, 9.17) is 0 Å². The molecule has 2 aromatic heterocycles. The molecule has 0 unspecified atom stereocenters. The van der Waals surface area contributed by atoms with Crippen molar-refractivity contribution in [3.05, 3.63) is 75.7 Å². The molecule has 0 radical (unpaired) electrons. The van der Waals surface area contributed by atoms with E-state index in [1.54, 1.807) is 11.1 Å². The summed E-state index contributed by atoms with van der Waals surface area (Å²) >= 11 is 0. The van der Waals surface area contributed by atoms with E-state index in [9.17, 15) is 14.4 Å². The highest BCUT2D eigenvalue weighted by Gasteiger charge is 2.34. The molecule has 0 saturated carbocycles. The Bertz CT molecular complexity index is 1790. The number of urea groups is 1. The molecule has 11 heteroatoms. The summed E-state index contributed by atoms with van der Waals surface area (Å²) in [7, 11) is 2.18. The highest BCUT2D eigenvalue weighted by molar-refractivity contribution is 5.88. The molecule has 3 amide bonds. The van der Waals surface area contributed by atoms with E-state index in [1.165, 1.54) is 12.8 Å². The number of aromatic amines is 2. The van der Waals surface area contributed by atoms with Crippen LogP contribution in [0.15, 0.2) is 53.5 Å². The summed E-state index contributed by atoms with van der Waals surface area (Å²) < 4.78 is 0. The van der Waals surface area contributed by atoms with E-state index in [1.807, 2.05) is 42.2 Å². The maximum Gasteiger partial charge on any atom is 0.318 e. The largest absolute Gasteiger partial charge is 0.338 e. The number of nitrogens with one attached hydrogen (secondary N) is 3. The van der Waals surface area contributed by atoms with E-state index in [0.717, 1.165) is 64.7 Å². The van der Waals surface area contributed by atoms with Gasteiger partial charge < -0.3 is 25.0 Å². The predicted molar refractivity (Wildman–Crippen MR) is 184 cm³/mol. The topological polar surface area (TPSA) is 121 Å². The van der Waals surface area contributed by atoms with Crippen molar-refractivity contribution >= 4 is 33.7 Å². The lowest BCUT2D eigenvalue weighted by molar-refractivity contribution is -0.135. The van der Waals surface area contributed by atoms with Gasteiger partial charge in [-0.15, -0.1) is 0 Å². The number of carbonyl (C=O) groups excluding carboxylic acids is 2. The van der Waals surface area contributed by atoms with Crippen molar-refractivity contribution in [2.45, 2.75) is 57.0 Å². The Balaban J connectivity index is 1.03. The van der Waals surface area contributed by atoms with Crippen LogP contribution in [0.25, 0.3) is 21.8 Å². The molecule has 248 valence electrons. The van der Waals surface area contributed by atoms with Gasteiger partial charge in [-0.2, -0.15) is 5.10 Å². The molecule has 1 atom stereocenters. The quantitative estimate of drug-likeness (QED) is 0.298. The number of carbonyl (C=O) groups is 2. The number of piperidine rings is 2. The van der Waals surface area contributed by atoms with Crippen molar-refractivity contribution in [3.63, 3.8) is 0 Å². The zero-order chi connectivity index (χ0) is 32.5. The van der Waals surface area contributed by atoms with E-state index in [-0.39, 0.29) is 23.4 Å². The average molecular weight is 639 g/mol. The molecule has 5 heterocycles. The first-order chi connectivity index (χ1) is 22.8. The molecule has 3 N–H and O–H groups in total. The van der Waals surface area contributed by atoms with E-state index >= 15 is 0 Å². The molecule has 0 bridgehead atoms. The number of amides is 3. The van der Waals surface area contributed by atoms with Gasteiger partial charge in [-0.25, -0.2) is 4.79 Å². The number of benzene rings is 2. The van der Waals surface area contributed by atoms with Gasteiger partial charge in [-0.05, 0) is 93.4 Å². The zero-order valence-corrected chi connectivity index (χ0v) is 27.5. The van der Waals surface area contributed by atoms with Gasteiger partial charge in [0.1, 0.15) is 6.04 Å². The number of piperazine rings is 1. The predicted octanol–water partition coefficient (Wildman–Crippen LogP) is 3.45. The third kappa shape index (κ3) is 6.78. The lowest BCUT2D eigenvalue weighted by Gasteiger charge is -2.43. The molecule has 7 rings (SSSR count). The van der Waals surface area contributed by atoms with Crippen molar-refractivity contribution in [2.75, 3.05) is 59.4 Å². The van der Waals surface area contributed by atoms with Crippen molar-refractivity contribution in [1.29, 1.82) is 0 Å². The Morgan fingerprint density at radius 2 is 1.66 bits per heavy atom. The summed E-state index contributed by atoms with van der Waals surface area (Å²) in [5.41, 5.74) is 4.59. The number of hydrogen-bond donors (Lipinski definition) is 3. The number of fused-ring (bicyclic) bond motifs is 2. The lowest BCUT2D eigenvalue weighted by atomic mass is 9.89. The first-order valence-electron chi connectivity index (χ1n) is 17.1. The van der Waals surface area contributed by atoms with Crippen LogP contribution in [0.2, 0.25) is 0 Å². The third-order valence-corrected chi connectivity index (χ3v) is 10.7. The SMILES string of the molecule is Cc1cc(C[C@H](NC(=O)N2CCC(c3cc4ccccc4[nH]c3=O)CC2)C(=O)N2CCN(C3CCN(C)CC3)CC2)cc2cn[nH]c12. The van der Waals surface area contributed by atoms with Gasteiger partial charge in [-0.1, -0.05) is 24.3 Å². The first kappa shape index (κ1) is 31.4. The molecule has 3 aliphatic heterocycles. The smallest absolute Gasteiger partial charge is 0.318 e. The van der Waals surface area contributed by atoms with Gasteiger partial charge in [0.2, 0.25) is 5.91 Å². The number of nitrogens with zero attached hydrogens (tertiary/aromatic N) is 5. The third-order valence-electron chi connectivity index (χ3n) is 10.7. The molecule has 4 aromatic rings. The van der Waals surface area contributed by atoms with Crippen LogP contribution in [0.4, 0.5) is 4.79 Å². The van der Waals surface area contributed by atoms with Crippen molar-refractivity contribution in [3.8, 4) is 0 Å². The fourth-order valence-corrected chi connectivity index (χ4v) is 7.86. The molecule has 3 fully saturated rings. The van der Waals surface area contributed by atoms with Crippen molar-refractivity contribution < 1.29 is 9.59 Å². The van der Waals surface area contributed by atoms with Gasteiger partial charge >= 0.3 is 6.03 Å². The second-order valence-corrected chi connectivity index (χ2v) is 13.8. The fourth-order valence-electron chi connectivity index (χ4n) is 7.86. The summed E-state index contributed by atoms with van der Waals surface area (Å²) in [4.78, 5) is 52.5. The monoisotopic (exact) mass is 638 g/mol. The Kier molecular flexibility index (Phi) is 9.00. The van der Waals surface area contributed by atoms with E-state index in [2.05, 4.69) is 49.5 Å². The molecule has 3 aliphatic rings. The Morgan fingerprint density at radius 3 is 2.43 bits per heavy atom. The van der Waals surface area contributed by atoms with Gasteiger partial charge in [0.05, 0.1) is 11.7 Å². The Hall–Kier alpha value is -4.22. The number of aromatic nitrogens is 3. The van der Waals surface area contributed by atoms with Crippen molar-refractivity contribution in [2.24, 2.45) is 0 Å². The minimum absolute atomic E-state index is 0.0242. The first-order valence-corrected chi connectivity index (χ1v) is 17.1. The zero-order valence-electron chi connectivity index (χ0n) is 27.5. The summed E-state index contributed by atoms with van der Waals surface area (Å²) in [5.74, 6) is 0.0549. The fraction of sp³-hybridized carbons (Fsp3) is 0.500. The van der Waals surface area contributed by atoms with Crippen LogP contribution in [0.1, 0.15) is 48.3 Å². The number of pyridine rings is 1. The summed E-state index contributed by atoms with van der Waals surface area (Å²) in [6.45, 7) is 8.39. The minimum atomic E-state index is -0.679. The lowest BCUT2D eigenvalue weighted by Crippen LogP contribution is -2.59.